The SMILES string of the molecule is C=CCOC(C)CNC1CCCC(CCC)CC1. The predicted octanol–water partition coefficient (Wildman–Crippen LogP) is 3.92. The number of ether oxygens (including phenoxy) is 1. The van der Waals surface area contributed by atoms with Gasteiger partial charge in [-0.1, -0.05) is 38.7 Å². The summed E-state index contributed by atoms with van der Waals surface area (Å²) in [6.07, 6.45) is 11.8. The van der Waals surface area contributed by atoms with Gasteiger partial charge in [0.1, 0.15) is 0 Å². The molecular weight excluding hydrogens is 222 g/mol. The van der Waals surface area contributed by atoms with Crippen LogP contribution in [0.1, 0.15) is 58.8 Å². The van der Waals surface area contributed by atoms with Gasteiger partial charge >= 0.3 is 0 Å². The van der Waals surface area contributed by atoms with Crippen LogP contribution >= 0.6 is 0 Å². The van der Waals surface area contributed by atoms with Gasteiger partial charge in [-0.15, -0.1) is 6.58 Å². The van der Waals surface area contributed by atoms with E-state index in [2.05, 4.69) is 25.7 Å². The second kappa shape index (κ2) is 9.57. The third-order valence-corrected chi connectivity index (χ3v) is 3.98. The molecule has 1 saturated carbocycles. The molecule has 106 valence electrons. The van der Waals surface area contributed by atoms with Crippen molar-refractivity contribution >= 4 is 0 Å². The fourth-order valence-corrected chi connectivity index (χ4v) is 2.90. The van der Waals surface area contributed by atoms with Crippen molar-refractivity contribution in [2.75, 3.05) is 13.2 Å². The summed E-state index contributed by atoms with van der Waals surface area (Å²) < 4.78 is 5.59. The van der Waals surface area contributed by atoms with E-state index in [1.165, 1.54) is 44.9 Å². The van der Waals surface area contributed by atoms with Crippen LogP contribution in [-0.4, -0.2) is 25.3 Å². The summed E-state index contributed by atoms with van der Waals surface area (Å²) in [5.41, 5.74) is 0. The van der Waals surface area contributed by atoms with E-state index in [1.807, 2.05) is 6.08 Å². The first-order chi connectivity index (χ1) is 8.76. The molecule has 1 fully saturated rings. The third-order valence-electron chi connectivity index (χ3n) is 3.98. The fourth-order valence-electron chi connectivity index (χ4n) is 2.90. The van der Waals surface area contributed by atoms with Gasteiger partial charge in [-0.3, -0.25) is 0 Å². The van der Waals surface area contributed by atoms with Crippen LogP contribution in [0.15, 0.2) is 12.7 Å². The third kappa shape index (κ3) is 6.55. The molecule has 1 aliphatic rings. The van der Waals surface area contributed by atoms with E-state index < -0.39 is 0 Å². The molecule has 18 heavy (non-hydrogen) atoms. The lowest BCUT2D eigenvalue weighted by molar-refractivity contribution is 0.0850. The molecule has 3 unspecified atom stereocenters. The van der Waals surface area contributed by atoms with Crippen molar-refractivity contribution in [3.8, 4) is 0 Å². The first-order valence-electron chi connectivity index (χ1n) is 7.72. The van der Waals surface area contributed by atoms with Crippen molar-refractivity contribution < 1.29 is 4.74 Å². The quantitative estimate of drug-likeness (QED) is 0.523. The van der Waals surface area contributed by atoms with Gasteiger partial charge in [-0.05, 0) is 32.1 Å². The summed E-state index contributed by atoms with van der Waals surface area (Å²) in [5.74, 6) is 0.983. The Morgan fingerprint density at radius 3 is 2.89 bits per heavy atom. The lowest BCUT2D eigenvalue weighted by Crippen LogP contribution is -2.35. The Labute approximate surface area is 113 Å². The Balaban J connectivity index is 2.16. The molecule has 0 saturated heterocycles. The Morgan fingerprint density at radius 2 is 2.17 bits per heavy atom. The zero-order valence-corrected chi connectivity index (χ0v) is 12.3. The zero-order chi connectivity index (χ0) is 13.2. The largest absolute Gasteiger partial charge is 0.373 e. The number of hydrogen-bond donors (Lipinski definition) is 1. The average molecular weight is 253 g/mol. The van der Waals surface area contributed by atoms with Crippen LogP contribution in [0.5, 0.6) is 0 Å². The molecule has 1 rings (SSSR count). The molecule has 1 aliphatic carbocycles. The lowest BCUT2D eigenvalue weighted by Gasteiger charge is -2.20. The molecule has 2 nitrogen and oxygen atoms in total. The van der Waals surface area contributed by atoms with E-state index in [1.54, 1.807) is 0 Å². The summed E-state index contributed by atoms with van der Waals surface area (Å²) in [4.78, 5) is 0. The van der Waals surface area contributed by atoms with Crippen LogP contribution in [0.25, 0.3) is 0 Å². The summed E-state index contributed by atoms with van der Waals surface area (Å²) >= 11 is 0. The fraction of sp³-hybridized carbons (Fsp3) is 0.875. The summed E-state index contributed by atoms with van der Waals surface area (Å²) in [7, 11) is 0. The van der Waals surface area contributed by atoms with Crippen LogP contribution in [0.2, 0.25) is 0 Å². The zero-order valence-electron chi connectivity index (χ0n) is 12.3. The van der Waals surface area contributed by atoms with E-state index in [9.17, 15) is 0 Å². The van der Waals surface area contributed by atoms with Gasteiger partial charge < -0.3 is 10.1 Å². The van der Waals surface area contributed by atoms with Crippen LogP contribution < -0.4 is 5.32 Å². The smallest absolute Gasteiger partial charge is 0.0675 e. The Morgan fingerprint density at radius 1 is 1.33 bits per heavy atom. The normalized spacial score (nSPS) is 26.6. The number of nitrogens with one attached hydrogen (secondary N) is 1. The molecule has 1 N–H and O–H groups in total. The molecule has 0 radical (unpaired) electrons. The summed E-state index contributed by atoms with van der Waals surface area (Å²) in [6, 6.07) is 0.710. The van der Waals surface area contributed by atoms with Crippen molar-refractivity contribution in [3.63, 3.8) is 0 Å². The Bertz CT molecular complexity index is 217. The van der Waals surface area contributed by atoms with E-state index >= 15 is 0 Å². The molecule has 0 spiro atoms. The van der Waals surface area contributed by atoms with E-state index in [0.717, 1.165) is 12.5 Å². The van der Waals surface area contributed by atoms with E-state index in [-0.39, 0.29) is 6.10 Å². The molecule has 0 aromatic heterocycles. The molecule has 0 bridgehead atoms. The van der Waals surface area contributed by atoms with Crippen LogP contribution in [0.3, 0.4) is 0 Å². The van der Waals surface area contributed by atoms with Gasteiger partial charge in [0.25, 0.3) is 0 Å². The minimum absolute atomic E-state index is 0.290. The maximum Gasteiger partial charge on any atom is 0.0675 e. The van der Waals surface area contributed by atoms with Crippen molar-refractivity contribution in [1.29, 1.82) is 0 Å². The summed E-state index contributed by atoms with van der Waals surface area (Å²) in [5, 5.41) is 3.67. The lowest BCUT2D eigenvalue weighted by atomic mass is 9.95. The van der Waals surface area contributed by atoms with Gasteiger partial charge in [0, 0.05) is 12.6 Å². The second-order valence-corrected chi connectivity index (χ2v) is 5.70. The van der Waals surface area contributed by atoms with Crippen molar-refractivity contribution in [2.45, 2.75) is 70.9 Å². The van der Waals surface area contributed by atoms with Gasteiger partial charge in [-0.25, -0.2) is 0 Å². The first kappa shape index (κ1) is 15.7. The molecule has 0 amide bonds. The van der Waals surface area contributed by atoms with E-state index in [0.29, 0.717) is 12.6 Å². The minimum atomic E-state index is 0.290. The van der Waals surface area contributed by atoms with Crippen molar-refractivity contribution in [2.24, 2.45) is 5.92 Å². The van der Waals surface area contributed by atoms with Crippen LogP contribution in [0.4, 0.5) is 0 Å². The minimum Gasteiger partial charge on any atom is -0.373 e. The molecule has 0 aromatic carbocycles. The van der Waals surface area contributed by atoms with Crippen molar-refractivity contribution in [1.82, 2.24) is 5.32 Å². The van der Waals surface area contributed by atoms with Gasteiger partial charge in [0.05, 0.1) is 12.7 Å². The average Bonchev–Trinajstić information content (AvgIpc) is 2.60. The standard InChI is InChI=1S/C16H31NO/c1-4-7-15-8-6-9-16(11-10-15)17-13-14(3)18-12-5-2/h5,14-17H,2,4,6-13H2,1,3H3. The molecule has 0 aromatic rings. The van der Waals surface area contributed by atoms with E-state index in [4.69, 9.17) is 4.74 Å². The highest BCUT2D eigenvalue weighted by molar-refractivity contribution is 4.76. The molecule has 3 atom stereocenters. The topological polar surface area (TPSA) is 21.3 Å². The highest BCUT2D eigenvalue weighted by Crippen LogP contribution is 2.26. The van der Waals surface area contributed by atoms with Gasteiger partial charge in [0.15, 0.2) is 0 Å². The highest BCUT2D eigenvalue weighted by Gasteiger charge is 2.18. The Kier molecular flexibility index (Phi) is 8.36. The first-order valence-corrected chi connectivity index (χ1v) is 7.72. The number of hydrogen-bond acceptors (Lipinski definition) is 2. The second-order valence-electron chi connectivity index (χ2n) is 5.70. The predicted molar refractivity (Wildman–Crippen MR) is 78.9 cm³/mol. The van der Waals surface area contributed by atoms with Crippen LogP contribution in [-0.2, 0) is 4.74 Å². The Hall–Kier alpha value is -0.340. The highest BCUT2D eigenvalue weighted by atomic mass is 16.5. The van der Waals surface area contributed by atoms with Gasteiger partial charge in [0.2, 0.25) is 0 Å². The summed E-state index contributed by atoms with van der Waals surface area (Å²) in [6.45, 7) is 9.74. The van der Waals surface area contributed by atoms with Gasteiger partial charge in [-0.2, -0.15) is 0 Å². The monoisotopic (exact) mass is 253 g/mol. The van der Waals surface area contributed by atoms with Crippen LogP contribution in [0, 0.1) is 5.92 Å². The maximum absolute atomic E-state index is 5.59. The van der Waals surface area contributed by atoms with Crippen molar-refractivity contribution in [3.05, 3.63) is 12.7 Å². The number of rotatable bonds is 8. The maximum atomic E-state index is 5.59. The molecule has 2 heteroatoms. The molecule has 0 heterocycles. The molecular formula is C16H31NO. The molecule has 0 aliphatic heterocycles.